The Kier molecular flexibility index (Phi) is 6.14. The molecule has 1 aromatic carbocycles. The molecule has 136 valence electrons. The summed E-state index contributed by atoms with van der Waals surface area (Å²) in [7, 11) is 4.04. The normalized spacial score (nSPS) is 11.0. The molecular weight excluding hydrogens is 348 g/mol. The van der Waals surface area contributed by atoms with Crippen LogP contribution in [0.5, 0.6) is 0 Å². The third-order valence-corrected chi connectivity index (χ3v) is 4.58. The molecule has 0 radical (unpaired) electrons. The van der Waals surface area contributed by atoms with E-state index in [2.05, 4.69) is 26.4 Å². The first-order chi connectivity index (χ1) is 12.6. The van der Waals surface area contributed by atoms with Crippen LogP contribution in [0.4, 0.5) is 5.69 Å². The highest BCUT2D eigenvalue weighted by molar-refractivity contribution is 7.13. The van der Waals surface area contributed by atoms with Crippen LogP contribution in [-0.2, 0) is 17.8 Å². The van der Waals surface area contributed by atoms with Crippen molar-refractivity contribution < 1.29 is 9.32 Å². The number of rotatable bonds is 8. The predicted octanol–water partition coefficient (Wildman–Crippen LogP) is 3.82. The van der Waals surface area contributed by atoms with Gasteiger partial charge in [-0.05, 0) is 49.7 Å². The molecule has 0 atom stereocenters. The Balaban J connectivity index is 1.46. The van der Waals surface area contributed by atoms with Crippen molar-refractivity contribution in [1.82, 2.24) is 15.0 Å². The zero-order valence-electron chi connectivity index (χ0n) is 14.9. The van der Waals surface area contributed by atoms with Crippen LogP contribution in [0.25, 0.3) is 10.7 Å². The maximum absolute atomic E-state index is 12.1. The molecule has 2 heterocycles. The number of hydrogen-bond acceptors (Lipinski definition) is 6. The minimum Gasteiger partial charge on any atom is -0.339 e. The fourth-order valence-electron chi connectivity index (χ4n) is 2.60. The Morgan fingerprint density at radius 2 is 2.15 bits per heavy atom. The van der Waals surface area contributed by atoms with E-state index in [0.717, 1.165) is 17.1 Å². The Bertz CT molecular complexity index is 843. The molecule has 26 heavy (non-hydrogen) atoms. The van der Waals surface area contributed by atoms with E-state index in [-0.39, 0.29) is 5.91 Å². The molecule has 7 heteroatoms. The van der Waals surface area contributed by atoms with Crippen molar-refractivity contribution in [2.45, 2.75) is 25.8 Å². The quantitative estimate of drug-likeness (QED) is 0.653. The van der Waals surface area contributed by atoms with Crippen LogP contribution in [0, 0.1) is 0 Å². The molecule has 2 aromatic heterocycles. The van der Waals surface area contributed by atoms with Gasteiger partial charge in [0.15, 0.2) is 0 Å². The Labute approximate surface area is 156 Å². The molecule has 3 aromatic rings. The maximum Gasteiger partial charge on any atom is 0.226 e. The van der Waals surface area contributed by atoms with Gasteiger partial charge in [-0.25, -0.2) is 0 Å². The lowest BCUT2D eigenvalue weighted by molar-refractivity contribution is -0.116. The summed E-state index contributed by atoms with van der Waals surface area (Å²) in [6.45, 7) is 0.841. The van der Waals surface area contributed by atoms with E-state index in [4.69, 9.17) is 4.52 Å². The average Bonchev–Trinajstić information content (AvgIpc) is 3.26. The molecule has 0 fully saturated rings. The second-order valence-corrected chi connectivity index (χ2v) is 7.28. The summed E-state index contributed by atoms with van der Waals surface area (Å²) in [5.74, 6) is 1.16. The summed E-state index contributed by atoms with van der Waals surface area (Å²) in [4.78, 5) is 19.6. The smallest absolute Gasteiger partial charge is 0.226 e. The number of aryl methyl sites for hydroxylation is 1. The lowest BCUT2D eigenvalue weighted by atomic mass is 10.2. The monoisotopic (exact) mass is 370 g/mol. The van der Waals surface area contributed by atoms with E-state index < -0.39 is 0 Å². The first-order valence-electron chi connectivity index (χ1n) is 8.50. The van der Waals surface area contributed by atoms with Gasteiger partial charge in [0, 0.05) is 25.1 Å². The number of carbonyl (C=O) groups excluding carboxylic acids is 1. The first-order valence-corrected chi connectivity index (χ1v) is 9.38. The van der Waals surface area contributed by atoms with Crippen molar-refractivity contribution in [3.05, 3.63) is 53.2 Å². The second kappa shape index (κ2) is 8.73. The molecule has 0 aliphatic rings. The third kappa shape index (κ3) is 5.24. The van der Waals surface area contributed by atoms with Crippen LogP contribution in [0.1, 0.15) is 24.3 Å². The van der Waals surface area contributed by atoms with Crippen LogP contribution in [0.2, 0.25) is 0 Å². The van der Waals surface area contributed by atoms with Crippen LogP contribution < -0.4 is 5.32 Å². The number of hydrogen-bond donors (Lipinski definition) is 1. The number of nitrogens with one attached hydrogen (secondary N) is 1. The number of aromatic nitrogens is 2. The molecule has 0 bridgehead atoms. The Morgan fingerprint density at radius 1 is 1.27 bits per heavy atom. The van der Waals surface area contributed by atoms with Gasteiger partial charge in [0.25, 0.3) is 0 Å². The summed E-state index contributed by atoms with van der Waals surface area (Å²) >= 11 is 1.57. The van der Waals surface area contributed by atoms with Crippen molar-refractivity contribution in [2.24, 2.45) is 0 Å². The molecule has 1 N–H and O–H groups in total. The van der Waals surface area contributed by atoms with Gasteiger partial charge in [0.05, 0.1) is 4.88 Å². The number of carbonyl (C=O) groups is 1. The number of thiophene rings is 1. The molecule has 3 rings (SSSR count). The van der Waals surface area contributed by atoms with Crippen LogP contribution in [-0.4, -0.2) is 35.0 Å². The molecule has 0 aliphatic heterocycles. The van der Waals surface area contributed by atoms with Gasteiger partial charge in [0.1, 0.15) is 0 Å². The van der Waals surface area contributed by atoms with Gasteiger partial charge >= 0.3 is 0 Å². The Hall–Kier alpha value is -2.51. The fraction of sp³-hybridized carbons (Fsp3) is 0.316. The summed E-state index contributed by atoms with van der Waals surface area (Å²) in [5, 5.41) is 8.90. The van der Waals surface area contributed by atoms with Gasteiger partial charge in [0.2, 0.25) is 17.6 Å². The summed E-state index contributed by atoms with van der Waals surface area (Å²) in [6.07, 6.45) is 1.66. The van der Waals surface area contributed by atoms with E-state index in [1.165, 1.54) is 5.56 Å². The number of amides is 1. The molecule has 6 nitrogen and oxygen atoms in total. The highest BCUT2D eigenvalue weighted by Crippen LogP contribution is 2.21. The molecule has 0 saturated carbocycles. The zero-order valence-corrected chi connectivity index (χ0v) is 15.8. The van der Waals surface area contributed by atoms with E-state index in [1.54, 1.807) is 11.3 Å². The van der Waals surface area contributed by atoms with E-state index in [1.807, 2.05) is 49.8 Å². The Morgan fingerprint density at radius 3 is 2.92 bits per heavy atom. The van der Waals surface area contributed by atoms with Crippen molar-refractivity contribution in [3.8, 4) is 10.7 Å². The molecule has 1 amide bonds. The van der Waals surface area contributed by atoms with Crippen LogP contribution >= 0.6 is 11.3 Å². The molecule has 0 spiro atoms. The van der Waals surface area contributed by atoms with Gasteiger partial charge in [-0.2, -0.15) is 4.98 Å². The molecule has 0 unspecified atom stereocenters. The second-order valence-electron chi connectivity index (χ2n) is 6.33. The van der Waals surface area contributed by atoms with Crippen molar-refractivity contribution in [2.75, 3.05) is 19.4 Å². The fourth-order valence-corrected chi connectivity index (χ4v) is 3.25. The average molecular weight is 370 g/mol. The standard InChI is InChI=1S/C19H22N4O2S/c1-23(2)13-14-6-3-7-15(12-14)20-17(24)9-4-10-18-21-19(22-25-18)16-8-5-11-26-16/h3,5-8,11-12H,4,9-10,13H2,1-2H3,(H,20,24). The lowest BCUT2D eigenvalue weighted by Crippen LogP contribution is -2.13. The highest BCUT2D eigenvalue weighted by atomic mass is 32.1. The van der Waals surface area contributed by atoms with E-state index in [9.17, 15) is 4.79 Å². The van der Waals surface area contributed by atoms with Crippen molar-refractivity contribution >= 4 is 22.9 Å². The van der Waals surface area contributed by atoms with Gasteiger partial charge < -0.3 is 14.7 Å². The van der Waals surface area contributed by atoms with Crippen molar-refractivity contribution in [3.63, 3.8) is 0 Å². The SMILES string of the molecule is CN(C)Cc1cccc(NC(=O)CCCc2nc(-c3cccs3)no2)c1. The zero-order chi connectivity index (χ0) is 18.4. The van der Waals surface area contributed by atoms with Crippen LogP contribution in [0.15, 0.2) is 46.3 Å². The maximum atomic E-state index is 12.1. The van der Waals surface area contributed by atoms with E-state index in [0.29, 0.717) is 31.0 Å². The van der Waals surface area contributed by atoms with Gasteiger partial charge in [-0.1, -0.05) is 23.4 Å². The lowest BCUT2D eigenvalue weighted by Gasteiger charge is -2.11. The summed E-state index contributed by atoms with van der Waals surface area (Å²) in [5.41, 5.74) is 1.99. The van der Waals surface area contributed by atoms with Crippen LogP contribution in [0.3, 0.4) is 0 Å². The summed E-state index contributed by atoms with van der Waals surface area (Å²) in [6, 6.07) is 11.8. The highest BCUT2D eigenvalue weighted by Gasteiger charge is 2.10. The number of benzene rings is 1. The van der Waals surface area contributed by atoms with E-state index >= 15 is 0 Å². The summed E-state index contributed by atoms with van der Waals surface area (Å²) < 4.78 is 5.25. The topological polar surface area (TPSA) is 71.3 Å². The van der Waals surface area contributed by atoms with Crippen molar-refractivity contribution in [1.29, 1.82) is 0 Å². The largest absolute Gasteiger partial charge is 0.339 e. The number of nitrogens with zero attached hydrogens (tertiary/aromatic N) is 3. The first kappa shape index (κ1) is 18.3. The minimum absolute atomic E-state index is 0.00926. The van der Waals surface area contributed by atoms with Gasteiger partial charge in [-0.3, -0.25) is 4.79 Å². The third-order valence-electron chi connectivity index (χ3n) is 3.71. The predicted molar refractivity (Wildman–Crippen MR) is 103 cm³/mol. The minimum atomic E-state index is -0.00926. The molecule has 0 aliphatic carbocycles. The molecule has 0 saturated heterocycles. The molecular formula is C19H22N4O2S. The number of anilines is 1. The van der Waals surface area contributed by atoms with Gasteiger partial charge in [-0.15, -0.1) is 11.3 Å².